The fourth-order valence-corrected chi connectivity index (χ4v) is 6.09. The molecule has 43 heavy (non-hydrogen) atoms. The van der Waals surface area contributed by atoms with Crippen LogP contribution >= 0.6 is 0 Å². The first kappa shape index (κ1) is 31.9. The molecule has 0 aliphatic carbocycles. The van der Waals surface area contributed by atoms with Crippen LogP contribution in [-0.2, 0) is 14.6 Å². The zero-order valence-corrected chi connectivity index (χ0v) is 25.5. The molecule has 4 aromatic rings. The monoisotopic (exact) mass is 614 g/mol. The van der Waals surface area contributed by atoms with Gasteiger partial charge in [-0.05, 0) is 75.5 Å². The Morgan fingerprint density at radius 3 is 2.42 bits per heavy atom. The average molecular weight is 615 g/mol. The van der Waals surface area contributed by atoms with E-state index in [0.717, 1.165) is 30.9 Å². The molecular weight excluding hydrogens is 578 g/mol. The highest BCUT2D eigenvalue weighted by Crippen LogP contribution is 2.30. The lowest BCUT2D eigenvalue weighted by molar-refractivity contribution is 0.102. The van der Waals surface area contributed by atoms with Crippen molar-refractivity contribution in [1.29, 1.82) is 0 Å². The first-order valence-corrected chi connectivity index (χ1v) is 15.1. The number of aromatic nitrogens is 2. The van der Waals surface area contributed by atoms with Gasteiger partial charge in [-0.15, -0.1) is 0 Å². The minimum atomic E-state index is -4.27. The number of hydrogen-bond donors (Lipinski definition) is 4. The molecule has 1 heterocycles. The maximum absolute atomic E-state index is 13.8. The SMILES string of the molecule is COCC(C)Nc1cc(NCC(C)CN(C)C)ccc1C(=O)Nc1n[nH]c2ccc(S(=O)(=O)c3cc(F)cc(F)c3)cc12. The van der Waals surface area contributed by atoms with Gasteiger partial charge in [-0.1, -0.05) is 6.92 Å². The molecule has 0 spiro atoms. The number of aromatic amines is 1. The van der Waals surface area contributed by atoms with Crippen molar-refractivity contribution in [2.45, 2.75) is 29.7 Å². The lowest BCUT2D eigenvalue weighted by atomic mass is 10.1. The summed E-state index contributed by atoms with van der Waals surface area (Å²) in [6.45, 7) is 6.15. The Labute approximate surface area is 249 Å². The van der Waals surface area contributed by atoms with Gasteiger partial charge in [0.2, 0.25) is 9.84 Å². The van der Waals surface area contributed by atoms with E-state index in [1.54, 1.807) is 13.2 Å². The van der Waals surface area contributed by atoms with E-state index in [1.807, 2.05) is 33.2 Å². The molecule has 0 aliphatic rings. The van der Waals surface area contributed by atoms with Crippen molar-refractivity contribution in [1.82, 2.24) is 15.1 Å². The Balaban J connectivity index is 1.62. The first-order valence-electron chi connectivity index (χ1n) is 13.7. The minimum Gasteiger partial charge on any atom is -0.385 e. The van der Waals surface area contributed by atoms with Crippen LogP contribution in [-0.4, -0.2) is 76.4 Å². The summed E-state index contributed by atoms with van der Waals surface area (Å²) < 4.78 is 59.1. The molecule has 13 heteroatoms. The predicted octanol–water partition coefficient (Wildman–Crippen LogP) is 4.98. The van der Waals surface area contributed by atoms with Crippen LogP contribution in [0.1, 0.15) is 24.2 Å². The Bertz CT molecular complexity index is 1690. The molecule has 0 saturated carbocycles. The summed E-state index contributed by atoms with van der Waals surface area (Å²) in [5, 5.41) is 16.7. The van der Waals surface area contributed by atoms with E-state index in [-0.39, 0.29) is 16.8 Å². The number of carbonyl (C=O) groups excluding carboxylic acids is 1. The fourth-order valence-electron chi connectivity index (χ4n) is 4.76. The molecule has 10 nitrogen and oxygen atoms in total. The van der Waals surface area contributed by atoms with Crippen LogP contribution in [0, 0.1) is 17.6 Å². The zero-order chi connectivity index (χ0) is 31.3. The van der Waals surface area contributed by atoms with Crippen LogP contribution in [0.25, 0.3) is 10.9 Å². The van der Waals surface area contributed by atoms with Gasteiger partial charge in [0.05, 0.1) is 27.5 Å². The van der Waals surface area contributed by atoms with Gasteiger partial charge in [-0.3, -0.25) is 9.89 Å². The van der Waals surface area contributed by atoms with E-state index in [9.17, 15) is 22.0 Å². The number of halogens is 2. The number of sulfone groups is 1. The maximum Gasteiger partial charge on any atom is 0.258 e. The summed E-state index contributed by atoms with van der Waals surface area (Å²) in [4.78, 5) is 14.9. The third-order valence-electron chi connectivity index (χ3n) is 6.64. The van der Waals surface area contributed by atoms with Gasteiger partial charge in [-0.25, -0.2) is 17.2 Å². The second kappa shape index (κ2) is 13.5. The molecule has 1 amide bonds. The summed E-state index contributed by atoms with van der Waals surface area (Å²) in [6, 6.07) is 11.4. The summed E-state index contributed by atoms with van der Waals surface area (Å²) in [6.07, 6.45) is 0. The Morgan fingerprint density at radius 2 is 1.74 bits per heavy atom. The van der Waals surface area contributed by atoms with Crippen LogP contribution in [0.15, 0.2) is 64.4 Å². The van der Waals surface area contributed by atoms with Crippen molar-refractivity contribution >= 4 is 43.8 Å². The van der Waals surface area contributed by atoms with Crippen molar-refractivity contribution in [3.63, 3.8) is 0 Å². The Hall–Kier alpha value is -4.07. The van der Waals surface area contributed by atoms with E-state index >= 15 is 0 Å². The van der Waals surface area contributed by atoms with E-state index < -0.39 is 32.3 Å². The number of hydrogen-bond acceptors (Lipinski definition) is 8. The number of carbonyl (C=O) groups is 1. The second-order valence-corrected chi connectivity index (χ2v) is 12.8. The molecule has 2 unspecified atom stereocenters. The van der Waals surface area contributed by atoms with Gasteiger partial charge < -0.3 is 25.6 Å². The van der Waals surface area contributed by atoms with Crippen LogP contribution in [0.4, 0.5) is 26.0 Å². The van der Waals surface area contributed by atoms with Gasteiger partial charge in [0.25, 0.3) is 5.91 Å². The minimum absolute atomic E-state index is 0.0954. The van der Waals surface area contributed by atoms with E-state index in [2.05, 4.69) is 38.0 Å². The van der Waals surface area contributed by atoms with Gasteiger partial charge in [-0.2, -0.15) is 5.10 Å². The first-order chi connectivity index (χ1) is 20.4. The molecule has 230 valence electrons. The van der Waals surface area contributed by atoms with E-state index in [0.29, 0.717) is 40.7 Å². The number of ether oxygens (including phenoxy) is 1. The van der Waals surface area contributed by atoms with Crippen molar-refractivity contribution < 1.29 is 26.7 Å². The average Bonchev–Trinajstić information content (AvgIpc) is 3.33. The molecule has 4 rings (SSSR count). The Morgan fingerprint density at radius 1 is 1.02 bits per heavy atom. The molecule has 0 radical (unpaired) electrons. The molecule has 0 bridgehead atoms. The third kappa shape index (κ3) is 7.86. The molecular formula is C30H36F2N6O4S. The summed E-state index contributed by atoms with van der Waals surface area (Å²) in [7, 11) is 1.38. The number of H-pyrrole nitrogens is 1. The number of rotatable bonds is 13. The number of nitrogens with one attached hydrogen (secondary N) is 4. The van der Waals surface area contributed by atoms with E-state index in [4.69, 9.17) is 4.74 Å². The predicted molar refractivity (Wildman–Crippen MR) is 163 cm³/mol. The van der Waals surface area contributed by atoms with Gasteiger partial charge >= 0.3 is 0 Å². The third-order valence-corrected chi connectivity index (χ3v) is 8.37. The standard InChI is InChI=1S/C30H36F2N6O4S/c1-18(16-38(3)4)15-33-22-6-8-25(28(13-22)34-19(2)17-42-5)30(39)35-29-26-14-23(7-9-27(26)36-37-29)43(40,41)24-11-20(31)10-21(32)12-24/h6-14,18-19,33-34H,15-17H2,1-5H3,(H2,35,36,37,39). The molecule has 4 N–H and O–H groups in total. The smallest absolute Gasteiger partial charge is 0.258 e. The number of methoxy groups -OCH3 is 1. The maximum atomic E-state index is 13.8. The fraction of sp³-hybridized carbons (Fsp3) is 0.333. The van der Waals surface area contributed by atoms with Gasteiger partial charge in [0, 0.05) is 49.1 Å². The summed E-state index contributed by atoms with van der Waals surface area (Å²) >= 11 is 0. The molecule has 0 aliphatic heterocycles. The molecule has 0 fully saturated rings. The number of fused-ring (bicyclic) bond motifs is 1. The highest BCUT2D eigenvalue weighted by molar-refractivity contribution is 7.91. The van der Waals surface area contributed by atoms with Gasteiger partial charge in [0.15, 0.2) is 5.82 Å². The van der Waals surface area contributed by atoms with Gasteiger partial charge in [0.1, 0.15) is 11.6 Å². The number of anilines is 3. The van der Waals surface area contributed by atoms with Crippen LogP contribution in [0.2, 0.25) is 0 Å². The van der Waals surface area contributed by atoms with Crippen molar-refractivity contribution in [3.05, 3.63) is 71.8 Å². The molecule has 3 aromatic carbocycles. The lowest BCUT2D eigenvalue weighted by Gasteiger charge is -2.20. The number of amides is 1. The van der Waals surface area contributed by atoms with Crippen LogP contribution in [0.5, 0.6) is 0 Å². The molecule has 0 saturated heterocycles. The van der Waals surface area contributed by atoms with Crippen molar-refractivity contribution in [3.8, 4) is 0 Å². The topological polar surface area (TPSA) is 128 Å². The van der Waals surface area contributed by atoms with Crippen molar-refractivity contribution in [2.24, 2.45) is 5.92 Å². The van der Waals surface area contributed by atoms with Crippen LogP contribution < -0.4 is 16.0 Å². The zero-order valence-electron chi connectivity index (χ0n) is 24.7. The Kier molecular flexibility index (Phi) is 9.99. The molecule has 1 aromatic heterocycles. The normalized spacial score (nSPS) is 13.2. The van der Waals surface area contributed by atoms with E-state index in [1.165, 1.54) is 18.2 Å². The number of benzene rings is 3. The highest BCUT2D eigenvalue weighted by atomic mass is 32.2. The molecule has 2 atom stereocenters. The lowest BCUT2D eigenvalue weighted by Crippen LogP contribution is -2.25. The highest BCUT2D eigenvalue weighted by Gasteiger charge is 2.22. The summed E-state index contributed by atoms with van der Waals surface area (Å²) in [5.41, 5.74) is 2.20. The van der Waals surface area contributed by atoms with Crippen LogP contribution in [0.3, 0.4) is 0 Å². The number of nitrogens with zero attached hydrogens (tertiary/aromatic N) is 2. The quantitative estimate of drug-likeness (QED) is 0.166. The summed E-state index contributed by atoms with van der Waals surface area (Å²) in [5.74, 6) is -2.01. The second-order valence-electron chi connectivity index (χ2n) is 10.9. The van der Waals surface area contributed by atoms with Crippen molar-refractivity contribution in [2.75, 3.05) is 56.9 Å². The largest absolute Gasteiger partial charge is 0.385 e.